The number of hydrogen-bond acceptors (Lipinski definition) is 2. The van der Waals surface area contributed by atoms with Gasteiger partial charge in [-0.05, 0) is 42.0 Å². The summed E-state index contributed by atoms with van der Waals surface area (Å²) in [6.07, 6.45) is 0. The third-order valence-electron chi connectivity index (χ3n) is 3.66. The largest absolute Gasteiger partial charge is 0.362 e. The maximum absolute atomic E-state index is 5.99. The van der Waals surface area contributed by atoms with Crippen molar-refractivity contribution >= 4 is 45.6 Å². The monoisotopic (exact) mass is 386 g/mol. The molecule has 2 nitrogen and oxygen atoms in total. The van der Waals surface area contributed by atoms with Crippen molar-refractivity contribution in [3.63, 3.8) is 0 Å². The van der Waals surface area contributed by atoms with Crippen LogP contribution in [0.15, 0.2) is 53.0 Å². The Bertz CT molecular complexity index is 518. The molecule has 1 fully saturated rings. The highest BCUT2D eigenvalue weighted by atomic mass is 79.9. The highest BCUT2D eigenvalue weighted by Crippen LogP contribution is 2.29. The van der Waals surface area contributed by atoms with Crippen LogP contribution in [-0.2, 0) is 0 Å². The van der Waals surface area contributed by atoms with E-state index >= 15 is 0 Å². The second-order valence-electron chi connectivity index (χ2n) is 4.94. The highest BCUT2D eigenvalue weighted by Gasteiger charge is 2.23. The van der Waals surface area contributed by atoms with Crippen molar-refractivity contribution in [1.82, 2.24) is 5.32 Å². The number of piperazine rings is 1. The van der Waals surface area contributed by atoms with Crippen molar-refractivity contribution in [2.45, 2.75) is 6.04 Å². The van der Waals surface area contributed by atoms with Crippen LogP contribution in [0.2, 0.25) is 5.02 Å². The van der Waals surface area contributed by atoms with E-state index in [0.29, 0.717) is 6.04 Å². The predicted molar refractivity (Wildman–Crippen MR) is 95.8 cm³/mol. The summed E-state index contributed by atoms with van der Waals surface area (Å²) in [5.41, 5.74) is 2.55. The molecule has 0 saturated carbocycles. The molecule has 3 rings (SSSR count). The fourth-order valence-corrected chi connectivity index (χ4v) is 3.02. The normalized spacial score (nSPS) is 18.2. The molecule has 0 unspecified atom stereocenters. The van der Waals surface area contributed by atoms with Gasteiger partial charge in [-0.1, -0.05) is 39.7 Å². The highest BCUT2D eigenvalue weighted by molar-refractivity contribution is 9.10. The molecule has 0 amide bonds. The lowest BCUT2D eigenvalue weighted by atomic mass is 10.0. The zero-order chi connectivity index (χ0) is 13.9. The molecule has 0 aliphatic carbocycles. The molecule has 1 atom stereocenters. The van der Waals surface area contributed by atoms with Crippen LogP contribution in [0.4, 0.5) is 5.69 Å². The van der Waals surface area contributed by atoms with Crippen LogP contribution in [0.25, 0.3) is 0 Å². The van der Waals surface area contributed by atoms with Gasteiger partial charge < -0.3 is 10.2 Å². The van der Waals surface area contributed by atoms with E-state index in [4.69, 9.17) is 11.6 Å². The minimum Gasteiger partial charge on any atom is -0.362 e. The molecule has 0 radical (unpaired) electrons. The van der Waals surface area contributed by atoms with E-state index in [2.05, 4.69) is 62.5 Å². The maximum Gasteiger partial charge on any atom is 0.0667 e. The Morgan fingerprint density at radius 1 is 1.05 bits per heavy atom. The van der Waals surface area contributed by atoms with Gasteiger partial charge >= 0.3 is 0 Å². The standard InChI is InChI=1S/C16H16BrClN2.ClH/c17-13-3-1-12(2-4-13)16-11-19-9-10-20(16)15-7-5-14(18)6-8-15;/h1-8,16,19H,9-11H2;1H/t16-;/m0./s1. The van der Waals surface area contributed by atoms with Crippen molar-refractivity contribution in [2.24, 2.45) is 0 Å². The van der Waals surface area contributed by atoms with Crippen LogP contribution >= 0.6 is 39.9 Å². The summed E-state index contributed by atoms with van der Waals surface area (Å²) in [4.78, 5) is 2.44. The van der Waals surface area contributed by atoms with Gasteiger partial charge in [-0.2, -0.15) is 0 Å². The second kappa shape index (κ2) is 7.50. The van der Waals surface area contributed by atoms with Gasteiger partial charge in [0.15, 0.2) is 0 Å². The zero-order valence-corrected chi connectivity index (χ0v) is 14.6. The van der Waals surface area contributed by atoms with E-state index in [1.54, 1.807) is 0 Å². The van der Waals surface area contributed by atoms with Gasteiger partial charge in [0.25, 0.3) is 0 Å². The van der Waals surface area contributed by atoms with Crippen molar-refractivity contribution in [1.29, 1.82) is 0 Å². The van der Waals surface area contributed by atoms with Crippen LogP contribution in [0.1, 0.15) is 11.6 Å². The molecule has 1 heterocycles. The van der Waals surface area contributed by atoms with Gasteiger partial charge in [-0.3, -0.25) is 0 Å². The molecule has 0 bridgehead atoms. The summed E-state index contributed by atoms with van der Waals surface area (Å²) in [5.74, 6) is 0. The number of nitrogens with one attached hydrogen (secondary N) is 1. The van der Waals surface area contributed by atoms with Crippen molar-refractivity contribution in [2.75, 3.05) is 24.5 Å². The Morgan fingerprint density at radius 3 is 2.38 bits per heavy atom. The van der Waals surface area contributed by atoms with Crippen molar-refractivity contribution in [3.8, 4) is 0 Å². The van der Waals surface area contributed by atoms with E-state index < -0.39 is 0 Å². The molecule has 0 spiro atoms. The van der Waals surface area contributed by atoms with Crippen molar-refractivity contribution < 1.29 is 0 Å². The lowest BCUT2D eigenvalue weighted by molar-refractivity contribution is 0.490. The maximum atomic E-state index is 5.99. The third-order valence-corrected chi connectivity index (χ3v) is 4.44. The average molecular weight is 388 g/mol. The number of nitrogens with zero attached hydrogens (tertiary/aromatic N) is 1. The second-order valence-corrected chi connectivity index (χ2v) is 6.29. The Labute approximate surface area is 145 Å². The molecule has 1 aliphatic rings. The molecule has 2 aromatic rings. The van der Waals surface area contributed by atoms with Gasteiger partial charge in [-0.15, -0.1) is 12.4 Å². The molecule has 5 heteroatoms. The summed E-state index contributed by atoms with van der Waals surface area (Å²) < 4.78 is 1.11. The van der Waals surface area contributed by atoms with Crippen molar-refractivity contribution in [3.05, 3.63) is 63.6 Å². The van der Waals surface area contributed by atoms with Gasteiger partial charge in [0, 0.05) is 34.8 Å². The fourth-order valence-electron chi connectivity index (χ4n) is 2.63. The zero-order valence-electron chi connectivity index (χ0n) is 11.4. The van der Waals surface area contributed by atoms with Crippen LogP contribution in [-0.4, -0.2) is 19.6 Å². The molecule has 2 aromatic carbocycles. The number of rotatable bonds is 2. The Kier molecular flexibility index (Phi) is 5.94. The smallest absolute Gasteiger partial charge is 0.0667 e. The fraction of sp³-hybridized carbons (Fsp3) is 0.250. The topological polar surface area (TPSA) is 15.3 Å². The molecular formula is C16H17BrCl2N2. The molecule has 0 aromatic heterocycles. The molecule has 1 saturated heterocycles. The van der Waals surface area contributed by atoms with E-state index in [9.17, 15) is 0 Å². The number of halogens is 3. The predicted octanol–water partition coefficient (Wildman–Crippen LogP) is 4.68. The van der Waals surface area contributed by atoms with E-state index in [1.165, 1.54) is 11.3 Å². The van der Waals surface area contributed by atoms with Gasteiger partial charge in [0.1, 0.15) is 0 Å². The minimum atomic E-state index is 0. The Hall–Kier alpha value is -0.740. The van der Waals surface area contributed by atoms with E-state index in [-0.39, 0.29) is 12.4 Å². The Morgan fingerprint density at radius 2 is 1.71 bits per heavy atom. The van der Waals surface area contributed by atoms with Crippen LogP contribution < -0.4 is 10.2 Å². The average Bonchev–Trinajstić information content (AvgIpc) is 2.49. The number of anilines is 1. The summed E-state index contributed by atoms with van der Waals surface area (Å²) in [5, 5.41) is 4.26. The van der Waals surface area contributed by atoms with Crippen LogP contribution in [0, 0.1) is 0 Å². The van der Waals surface area contributed by atoms with Gasteiger partial charge in [0.05, 0.1) is 6.04 Å². The summed E-state index contributed by atoms with van der Waals surface area (Å²) in [7, 11) is 0. The number of benzene rings is 2. The first-order valence-electron chi connectivity index (χ1n) is 6.72. The SMILES string of the molecule is Cl.Clc1ccc(N2CCNC[C@H]2c2ccc(Br)cc2)cc1. The first-order chi connectivity index (χ1) is 9.74. The van der Waals surface area contributed by atoms with Crippen LogP contribution in [0.3, 0.4) is 0 Å². The molecule has 1 N–H and O–H groups in total. The summed E-state index contributed by atoms with van der Waals surface area (Å²) in [6, 6.07) is 17.0. The van der Waals surface area contributed by atoms with Crippen LogP contribution in [0.5, 0.6) is 0 Å². The molecule has 1 aliphatic heterocycles. The number of hydrogen-bond donors (Lipinski definition) is 1. The first kappa shape index (κ1) is 16.6. The van der Waals surface area contributed by atoms with Gasteiger partial charge in [-0.25, -0.2) is 0 Å². The van der Waals surface area contributed by atoms with E-state index in [1.807, 2.05) is 12.1 Å². The molecule has 21 heavy (non-hydrogen) atoms. The first-order valence-corrected chi connectivity index (χ1v) is 7.89. The quantitative estimate of drug-likeness (QED) is 0.804. The lowest BCUT2D eigenvalue weighted by Crippen LogP contribution is -2.46. The molecule has 112 valence electrons. The Balaban J connectivity index is 0.00000161. The minimum absolute atomic E-state index is 0. The summed E-state index contributed by atoms with van der Waals surface area (Å²) in [6.45, 7) is 2.97. The van der Waals surface area contributed by atoms with E-state index in [0.717, 1.165) is 29.1 Å². The third kappa shape index (κ3) is 3.92. The summed E-state index contributed by atoms with van der Waals surface area (Å²) >= 11 is 9.48. The lowest BCUT2D eigenvalue weighted by Gasteiger charge is -2.38. The van der Waals surface area contributed by atoms with Gasteiger partial charge in [0.2, 0.25) is 0 Å². The molecular weight excluding hydrogens is 371 g/mol.